The van der Waals surface area contributed by atoms with Gasteiger partial charge >= 0.3 is 0 Å². The Labute approximate surface area is 113 Å². The minimum absolute atomic E-state index is 0.389. The van der Waals surface area contributed by atoms with Crippen LogP contribution in [0.4, 0.5) is 0 Å². The fraction of sp³-hybridized carbons (Fsp3) is 0.467. The molecule has 2 N–H and O–H groups in total. The summed E-state index contributed by atoms with van der Waals surface area (Å²) in [7, 11) is 0. The van der Waals surface area contributed by atoms with Crippen molar-refractivity contribution >= 4 is 0 Å². The summed E-state index contributed by atoms with van der Waals surface area (Å²) in [5, 5.41) is 4.10. The molecule has 1 aliphatic rings. The zero-order chi connectivity index (χ0) is 13.5. The van der Waals surface area contributed by atoms with Gasteiger partial charge in [0.2, 0.25) is 0 Å². The lowest BCUT2D eigenvalue weighted by Gasteiger charge is -2.17. The van der Waals surface area contributed by atoms with Crippen molar-refractivity contribution in [1.82, 2.24) is 10.1 Å². The van der Waals surface area contributed by atoms with Gasteiger partial charge in [0, 0.05) is 5.56 Å². The van der Waals surface area contributed by atoms with Crippen molar-refractivity contribution in [2.24, 2.45) is 5.73 Å². The van der Waals surface area contributed by atoms with Crippen molar-refractivity contribution in [3.05, 3.63) is 35.2 Å². The molecule has 1 fully saturated rings. The van der Waals surface area contributed by atoms with E-state index in [-0.39, 0.29) is 5.54 Å². The zero-order valence-corrected chi connectivity index (χ0v) is 11.4. The number of aromatic nitrogens is 2. The number of aryl methyl sites for hydroxylation is 2. The van der Waals surface area contributed by atoms with E-state index >= 15 is 0 Å². The van der Waals surface area contributed by atoms with Crippen LogP contribution < -0.4 is 5.73 Å². The van der Waals surface area contributed by atoms with Crippen LogP contribution in [0.15, 0.2) is 22.7 Å². The van der Waals surface area contributed by atoms with E-state index in [1.807, 2.05) is 6.07 Å². The summed E-state index contributed by atoms with van der Waals surface area (Å²) in [6.07, 6.45) is 4.17. The first kappa shape index (κ1) is 12.4. The number of benzene rings is 1. The van der Waals surface area contributed by atoms with Crippen molar-refractivity contribution in [3.63, 3.8) is 0 Å². The van der Waals surface area contributed by atoms with Crippen LogP contribution in [0.3, 0.4) is 0 Å². The first-order chi connectivity index (χ1) is 9.08. The van der Waals surface area contributed by atoms with Gasteiger partial charge < -0.3 is 10.3 Å². The predicted molar refractivity (Wildman–Crippen MR) is 73.5 cm³/mol. The standard InChI is InChI=1S/C15H19N3O/c1-10-5-6-12(11(2)9-10)13-17-14(18-19-13)15(16)7-3-4-8-15/h5-6,9H,3-4,7-8,16H2,1-2H3. The summed E-state index contributed by atoms with van der Waals surface area (Å²) < 4.78 is 5.41. The normalized spacial score (nSPS) is 17.8. The Morgan fingerprint density at radius 1 is 1.21 bits per heavy atom. The van der Waals surface area contributed by atoms with Crippen LogP contribution in [0, 0.1) is 13.8 Å². The lowest BCUT2D eigenvalue weighted by molar-refractivity contribution is 0.372. The molecule has 1 aromatic heterocycles. The van der Waals surface area contributed by atoms with E-state index in [1.54, 1.807) is 0 Å². The molecular weight excluding hydrogens is 238 g/mol. The van der Waals surface area contributed by atoms with Crippen molar-refractivity contribution in [2.45, 2.75) is 45.1 Å². The second-order valence-electron chi connectivity index (χ2n) is 5.60. The van der Waals surface area contributed by atoms with Crippen LogP contribution in [0.2, 0.25) is 0 Å². The molecule has 1 aromatic carbocycles. The van der Waals surface area contributed by atoms with E-state index < -0.39 is 0 Å². The van der Waals surface area contributed by atoms with Crippen LogP contribution in [-0.4, -0.2) is 10.1 Å². The van der Waals surface area contributed by atoms with Gasteiger partial charge in [-0.05, 0) is 38.3 Å². The van der Waals surface area contributed by atoms with E-state index in [4.69, 9.17) is 10.3 Å². The molecule has 0 amide bonds. The Kier molecular flexibility index (Phi) is 2.90. The number of rotatable bonds is 2. The molecule has 3 rings (SSSR count). The zero-order valence-electron chi connectivity index (χ0n) is 11.4. The van der Waals surface area contributed by atoms with Crippen LogP contribution in [0.25, 0.3) is 11.5 Å². The molecule has 1 aliphatic carbocycles. The van der Waals surface area contributed by atoms with Gasteiger partial charge in [0.15, 0.2) is 5.82 Å². The predicted octanol–water partition coefficient (Wildman–Crippen LogP) is 3.08. The van der Waals surface area contributed by atoms with Crippen molar-refractivity contribution in [3.8, 4) is 11.5 Å². The molecule has 4 heteroatoms. The van der Waals surface area contributed by atoms with E-state index in [0.29, 0.717) is 11.7 Å². The highest BCUT2D eigenvalue weighted by atomic mass is 16.5. The third kappa shape index (κ3) is 2.16. The van der Waals surface area contributed by atoms with E-state index in [9.17, 15) is 0 Å². The summed E-state index contributed by atoms with van der Waals surface area (Å²) in [5.74, 6) is 1.23. The second-order valence-corrected chi connectivity index (χ2v) is 5.60. The van der Waals surface area contributed by atoms with Crippen molar-refractivity contribution < 1.29 is 4.52 Å². The van der Waals surface area contributed by atoms with E-state index in [2.05, 4.69) is 36.1 Å². The summed E-state index contributed by atoms with van der Waals surface area (Å²) in [6, 6.07) is 6.20. The molecule has 0 aliphatic heterocycles. The molecule has 2 aromatic rings. The largest absolute Gasteiger partial charge is 0.334 e. The quantitative estimate of drug-likeness (QED) is 0.897. The molecule has 19 heavy (non-hydrogen) atoms. The summed E-state index contributed by atoms with van der Waals surface area (Å²) in [5.41, 5.74) is 9.33. The molecule has 1 saturated carbocycles. The smallest absolute Gasteiger partial charge is 0.258 e. The number of nitrogens with zero attached hydrogens (tertiary/aromatic N) is 2. The van der Waals surface area contributed by atoms with Gasteiger partial charge in [-0.25, -0.2) is 0 Å². The monoisotopic (exact) mass is 257 g/mol. The molecule has 4 nitrogen and oxygen atoms in total. The fourth-order valence-electron chi connectivity index (χ4n) is 2.82. The maximum atomic E-state index is 6.35. The van der Waals surface area contributed by atoms with Gasteiger partial charge in [0.05, 0.1) is 5.54 Å². The van der Waals surface area contributed by atoms with Crippen molar-refractivity contribution in [1.29, 1.82) is 0 Å². The number of hydrogen-bond acceptors (Lipinski definition) is 4. The Morgan fingerprint density at radius 3 is 2.63 bits per heavy atom. The van der Waals surface area contributed by atoms with Crippen LogP contribution >= 0.6 is 0 Å². The van der Waals surface area contributed by atoms with Crippen LogP contribution in [0.1, 0.15) is 42.6 Å². The summed E-state index contributed by atoms with van der Waals surface area (Å²) >= 11 is 0. The molecule has 0 radical (unpaired) electrons. The van der Waals surface area contributed by atoms with Crippen molar-refractivity contribution in [2.75, 3.05) is 0 Å². The average molecular weight is 257 g/mol. The minimum Gasteiger partial charge on any atom is -0.334 e. The molecule has 0 saturated heterocycles. The summed E-state index contributed by atoms with van der Waals surface area (Å²) in [6.45, 7) is 4.13. The first-order valence-corrected chi connectivity index (χ1v) is 6.79. The Bertz CT molecular complexity index is 597. The highest BCUT2D eigenvalue weighted by molar-refractivity contribution is 5.58. The highest BCUT2D eigenvalue weighted by Gasteiger charge is 2.36. The fourth-order valence-corrected chi connectivity index (χ4v) is 2.82. The summed E-state index contributed by atoms with van der Waals surface area (Å²) in [4.78, 5) is 4.52. The molecule has 1 heterocycles. The maximum Gasteiger partial charge on any atom is 0.258 e. The van der Waals surface area contributed by atoms with Crippen LogP contribution in [-0.2, 0) is 5.54 Å². The SMILES string of the molecule is Cc1ccc(-c2nc(C3(N)CCCC3)no2)c(C)c1. The minimum atomic E-state index is -0.389. The molecule has 0 atom stereocenters. The first-order valence-electron chi connectivity index (χ1n) is 6.79. The lowest BCUT2D eigenvalue weighted by atomic mass is 9.98. The number of hydrogen-bond donors (Lipinski definition) is 1. The Balaban J connectivity index is 1.97. The van der Waals surface area contributed by atoms with Gasteiger partial charge in [-0.3, -0.25) is 0 Å². The Morgan fingerprint density at radius 2 is 1.95 bits per heavy atom. The maximum absolute atomic E-state index is 6.35. The van der Waals surface area contributed by atoms with Crippen LogP contribution in [0.5, 0.6) is 0 Å². The van der Waals surface area contributed by atoms with Gasteiger partial charge in [-0.2, -0.15) is 4.98 Å². The van der Waals surface area contributed by atoms with Gasteiger partial charge in [-0.1, -0.05) is 35.7 Å². The van der Waals surface area contributed by atoms with Gasteiger partial charge in [0.1, 0.15) is 0 Å². The number of nitrogens with two attached hydrogens (primary N) is 1. The Hall–Kier alpha value is -1.68. The van der Waals surface area contributed by atoms with Gasteiger partial charge in [-0.15, -0.1) is 0 Å². The third-order valence-electron chi connectivity index (χ3n) is 3.98. The van der Waals surface area contributed by atoms with Gasteiger partial charge in [0.25, 0.3) is 5.89 Å². The highest BCUT2D eigenvalue weighted by Crippen LogP contribution is 2.35. The molecule has 100 valence electrons. The van der Waals surface area contributed by atoms with E-state index in [1.165, 1.54) is 5.56 Å². The molecular formula is C15H19N3O. The lowest BCUT2D eigenvalue weighted by Crippen LogP contribution is -2.34. The second kappa shape index (κ2) is 4.46. The average Bonchev–Trinajstić information content (AvgIpc) is 2.99. The molecule has 0 bridgehead atoms. The van der Waals surface area contributed by atoms with E-state index in [0.717, 1.165) is 36.8 Å². The molecule has 0 unspecified atom stereocenters. The molecule has 0 spiro atoms. The topological polar surface area (TPSA) is 64.9 Å². The third-order valence-corrected chi connectivity index (χ3v) is 3.98.